The molecule has 0 radical (unpaired) electrons. The molecule has 1 aliphatic heterocycles. The van der Waals surface area contributed by atoms with Gasteiger partial charge in [-0.25, -0.2) is 18.4 Å². The molecule has 1 aliphatic rings. The van der Waals surface area contributed by atoms with Crippen molar-refractivity contribution in [2.75, 3.05) is 19.6 Å². The van der Waals surface area contributed by atoms with E-state index in [9.17, 15) is 8.42 Å². The van der Waals surface area contributed by atoms with E-state index < -0.39 is 10.0 Å². The first-order chi connectivity index (χ1) is 10.00. The van der Waals surface area contributed by atoms with E-state index in [0.717, 1.165) is 10.8 Å². The number of nitrogens with one attached hydrogen (secondary N) is 1. The molecular weight excluding hydrogens is 310 g/mol. The molecule has 0 spiro atoms. The molecule has 0 aromatic carbocycles. The van der Waals surface area contributed by atoms with Gasteiger partial charge in [0, 0.05) is 39.1 Å². The summed E-state index contributed by atoms with van der Waals surface area (Å²) in [7, 11) is -1.66. The second-order valence-corrected chi connectivity index (χ2v) is 8.28. The largest absolute Gasteiger partial charge is 0.337 e. The van der Waals surface area contributed by atoms with Gasteiger partial charge in [0.25, 0.3) is 10.0 Å². The quantitative estimate of drug-likeness (QED) is 0.889. The van der Waals surface area contributed by atoms with Gasteiger partial charge in [-0.05, 0) is 6.92 Å². The molecule has 1 saturated heterocycles. The Morgan fingerprint density at radius 2 is 2.24 bits per heavy atom. The number of piperazine rings is 1. The molecule has 3 heterocycles. The molecule has 1 unspecified atom stereocenters. The van der Waals surface area contributed by atoms with Crippen LogP contribution in [0.3, 0.4) is 0 Å². The number of hydrogen-bond donors (Lipinski definition) is 1. The van der Waals surface area contributed by atoms with E-state index in [1.54, 1.807) is 13.1 Å². The highest BCUT2D eigenvalue weighted by Crippen LogP contribution is 2.30. The molecule has 114 valence electrons. The van der Waals surface area contributed by atoms with E-state index in [-0.39, 0.29) is 6.04 Å². The smallest absolute Gasteiger partial charge is 0.254 e. The summed E-state index contributed by atoms with van der Waals surface area (Å²) < 4.78 is 29.4. The van der Waals surface area contributed by atoms with Crippen molar-refractivity contribution in [1.82, 2.24) is 24.2 Å². The normalized spacial score (nSPS) is 20.8. The van der Waals surface area contributed by atoms with E-state index in [1.165, 1.54) is 21.8 Å². The zero-order valence-corrected chi connectivity index (χ0v) is 13.5. The first-order valence-corrected chi connectivity index (χ1v) is 8.88. The van der Waals surface area contributed by atoms with Gasteiger partial charge in [-0.2, -0.15) is 4.31 Å². The highest BCUT2D eigenvalue weighted by Gasteiger charge is 2.37. The predicted molar refractivity (Wildman–Crippen MR) is 79.6 cm³/mol. The van der Waals surface area contributed by atoms with Crippen molar-refractivity contribution in [1.29, 1.82) is 0 Å². The Hall–Kier alpha value is -1.29. The summed E-state index contributed by atoms with van der Waals surface area (Å²) in [6.45, 7) is 3.42. The molecule has 7 nitrogen and oxygen atoms in total. The molecule has 3 rings (SSSR count). The summed E-state index contributed by atoms with van der Waals surface area (Å²) in [6.07, 6.45) is 4.95. The molecule has 0 saturated carbocycles. The Labute approximate surface area is 127 Å². The Morgan fingerprint density at radius 1 is 1.43 bits per heavy atom. The lowest BCUT2D eigenvalue weighted by Gasteiger charge is -2.34. The second-order valence-electron chi connectivity index (χ2n) is 4.93. The van der Waals surface area contributed by atoms with Crippen LogP contribution in [0.15, 0.2) is 22.8 Å². The van der Waals surface area contributed by atoms with Gasteiger partial charge in [0.05, 0.1) is 17.2 Å². The predicted octanol–water partition coefficient (Wildman–Crippen LogP) is 0.520. The second kappa shape index (κ2) is 5.48. The molecule has 9 heteroatoms. The van der Waals surface area contributed by atoms with Crippen molar-refractivity contribution in [3.63, 3.8) is 0 Å². The summed E-state index contributed by atoms with van der Waals surface area (Å²) in [4.78, 5) is 8.37. The molecule has 0 bridgehead atoms. The maximum atomic E-state index is 12.8. The molecule has 1 atom stereocenters. The van der Waals surface area contributed by atoms with Gasteiger partial charge in [0.1, 0.15) is 5.82 Å². The Bertz CT molecular complexity index is 736. The van der Waals surface area contributed by atoms with Gasteiger partial charge in [0.2, 0.25) is 0 Å². The van der Waals surface area contributed by atoms with Crippen LogP contribution in [0.4, 0.5) is 0 Å². The first kappa shape index (κ1) is 14.6. The number of aryl methyl sites for hydroxylation is 2. The van der Waals surface area contributed by atoms with Crippen LogP contribution in [0.5, 0.6) is 0 Å². The van der Waals surface area contributed by atoms with Crippen molar-refractivity contribution >= 4 is 21.4 Å². The SMILES string of the molecule is Cc1ncc(S(=O)(=O)N2CCNCC2c2nccn2C)s1. The van der Waals surface area contributed by atoms with Gasteiger partial charge < -0.3 is 9.88 Å². The number of thiazole rings is 1. The maximum Gasteiger partial charge on any atom is 0.254 e. The molecular formula is C12H17N5O2S2. The van der Waals surface area contributed by atoms with Crippen LogP contribution in [-0.2, 0) is 17.1 Å². The van der Waals surface area contributed by atoms with E-state index >= 15 is 0 Å². The molecule has 0 aliphatic carbocycles. The minimum atomic E-state index is -3.54. The first-order valence-electron chi connectivity index (χ1n) is 6.62. The molecule has 21 heavy (non-hydrogen) atoms. The van der Waals surface area contributed by atoms with Crippen LogP contribution < -0.4 is 5.32 Å². The number of rotatable bonds is 3. The summed E-state index contributed by atoms with van der Waals surface area (Å²) in [5.74, 6) is 0.743. The zero-order chi connectivity index (χ0) is 15.0. The van der Waals surface area contributed by atoms with Gasteiger partial charge in [-0.1, -0.05) is 0 Å². The van der Waals surface area contributed by atoms with Crippen molar-refractivity contribution in [2.45, 2.75) is 17.2 Å². The minimum absolute atomic E-state index is 0.293. The Morgan fingerprint density at radius 3 is 2.86 bits per heavy atom. The van der Waals surface area contributed by atoms with Gasteiger partial charge in [-0.15, -0.1) is 11.3 Å². The van der Waals surface area contributed by atoms with Gasteiger partial charge >= 0.3 is 0 Å². The molecule has 1 N–H and O–H groups in total. The van der Waals surface area contributed by atoms with Crippen LogP contribution in [0.25, 0.3) is 0 Å². The fourth-order valence-corrected chi connectivity index (χ4v) is 5.29. The third-order valence-corrected chi connectivity index (χ3v) is 6.77. The van der Waals surface area contributed by atoms with Crippen molar-refractivity contribution in [2.24, 2.45) is 7.05 Å². The standard InChI is InChI=1S/C12H17N5O2S2/c1-9-15-8-11(20-9)21(18,19)17-6-3-13-7-10(17)12-14-4-5-16(12)2/h4-5,8,10,13H,3,6-7H2,1-2H3. The lowest BCUT2D eigenvalue weighted by molar-refractivity contribution is 0.259. The minimum Gasteiger partial charge on any atom is -0.337 e. The molecule has 2 aromatic rings. The van der Waals surface area contributed by atoms with E-state index in [1.807, 2.05) is 17.8 Å². The van der Waals surface area contributed by atoms with Crippen molar-refractivity contribution in [3.8, 4) is 0 Å². The summed E-state index contributed by atoms with van der Waals surface area (Å²) in [5, 5.41) is 3.98. The van der Waals surface area contributed by atoms with Crippen molar-refractivity contribution < 1.29 is 8.42 Å². The van der Waals surface area contributed by atoms with Crippen LogP contribution in [-0.4, -0.2) is 46.9 Å². The van der Waals surface area contributed by atoms with Crippen LogP contribution >= 0.6 is 11.3 Å². The fraction of sp³-hybridized carbons (Fsp3) is 0.500. The summed E-state index contributed by atoms with van der Waals surface area (Å²) in [6, 6.07) is -0.300. The van der Waals surface area contributed by atoms with E-state index in [4.69, 9.17) is 0 Å². The lowest BCUT2D eigenvalue weighted by atomic mass is 10.2. The van der Waals surface area contributed by atoms with E-state index in [2.05, 4.69) is 15.3 Å². The monoisotopic (exact) mass is 327 g/mol. The fourth-order valence-electron chi connectivity index (χ4n) is 2.47. The lowest BCUT2D eigenvalue weighted by Crippen LogP contribution is -2.49. The average Bonchev–Trinajstić information content (AvgIpc) is 3.08. The maximum absolute atomic E-state index is 12.8. The van der Waals surface area contributed by atoms with Gasteiger partial charge in [0.15, 0.2) is 4.21 Å². The van der Waals surface area contributed by atoms with Crippen LogP contribution in [0, 0.1) is 6.92 Å². The number of sulfonamides is 1. The number of hydrogen-bond acceptors (Lipinski definition) is 6. The number of nitrogens with zero attached hydrogens (tertiary/aromatic N) is 4. The summed E-state index contributed by atoms with van der Waals surface area (Å²) in [5.41, 5.74) is 0. The van der Waals surface area contributed by atoms with Crippen molar-refractivity contribution in [3.05, 3.63) is 29.4 Å². The van der Waals surface area contributed by atoms with E-state index in [0.29, 0.717) is 23.8 Å². The Balaban J connectivity index is 2.00. The van der Waals surface area contributed by atoms with Crippen LogP contribution in [0.2, 0.25) is 0 Å². The number of aromatic nitrogens is 3. The Kier molecular flexibility index (Phi) is 3.82. The highest BCUT2D eigenvalue weighted by molar-refractivity contribution is 7.91. The molecule has 2 aromatic heterocycles. The summed E-state index contributed by atoms with van der Waals surface area (Å²) >= 11 is 1.20. The zero-order valence-electron chi connectivity index (χ0n) is 11.9. The number of imidazole rings is 1. The molecule has 1 fully saturated rings. The third-order valence-electron chi connectivity index (χ3n) is 3.51. The topological polar surface area (TPSA) is 80.1 Å². The average molecular weight is 327 g/mol. The van der Waals surface area contributed by atoms with Gasteiger partial charge in [-0.3, -0.25) is 0 Å². The highest BCUT2D eigenvalue weighted by atomic mass is 32.2. The third kappa shape index (κ3) is 2.61. The molecule has 0 amide bonds. The van der Waals surface area contributed by atoms with Crippen LogP contribution in [0.1, 0.15) is 16.9 Å².